The lowest BCUT2D eigenvalue weighted by Crippen LogP contribution is -2.38. The number of nitrogens with zero attached hydrogens (tertiary/aromatic N) is 4. The number of fused-ring (bicyclic) bond motifs is 1. The van der Waals surface area contributed by atoms with Crippen molar-refractivity contribution < 1.29 is 14.6 Å². The van der Waals surface area contributed by atoms with Gasteiger partial charge in [0.25, 0.3) is 0 Å². The average Bonchev–Trinajstić information content (AvgIpc) is 3.21. The summed E-state index contributed by atoms with van der Waals surface area (Å²) in [7, 11) is 1.61. The van der Waals surface area contributed by atoms with Crippen LogP contribution in [0.3, 0.4) is 0 Å². The first kappa shape index (κ1) is 24.0. The fourth-order valence-electron chi connectivity index (χ4n) is 4.15. The summed E-state index contributed by atoms with van der Waals surface area (Å²) in [5.74, 6) is 1.11. The fraction of sp³-hybridized carbons (Fsp3) is 0.440. The van der Waals surface area contributed by atoms with Crippen LogP contribution < -0.4 is 15.4 Å². The molecule has 3 aromatic rings. The van der Waals surface area contributed by atoms with E-state index in [0.717, 1.165) is 47.4 Å². The van der Waals surface area contributed by atoms with Crippen molar-refractivity contribution in [2.45, 2.75) is 45.4 Å². The van der Waals surface area contributed by atoms with Crippen LogP contribution in [0.25, 0.3) is 11.0 Å². The molecule has 0 spiro atoms. The van der Waals surface area contributed by atoms with E-state index in [1.807, 2.05) is 44.2 Å². The van der Waals surface area contributed by atoms with Gasteiger partial charge in [-0.15, -0.1) is 0 Å². The zero-order valence-corrected chi connectivity index (χ0v) is 19.9. The first-order valence-corrected chi connectivity index (χ1v) is 11.7. The van der Waals surface area contributed by atoms with Gasteiger partial charge in [0, 0.05) is 50.9 Å². The summed E-state index contributed by atoms with van der Waals surface area (Å²) in [5.41, 5.74) is 4.56. The number of β-amino-alcohol motifs (C(OH)–C–C–N with tert-alkyl or cyclic N) is 1. The lowest BCUT2D eigenvalue weighted by Gasteiger charge is -2.17. The number of methoxy groups -OCH3 is 1. The number of carbonyl (C=O) groups is 1. The molecule has 0 radical (unpaired) electrons. The lowest BCUT2D eigenvalue weighted by atomic mass is 10.1. The molecule has 0 aliphatic carbocycles. The van der Waals surface area contributed by atoms with Gasteiger partial charge in [-0.1, -0.05) is 13.0 Å². The molecule has 34 heavy (non-hydrogen) atoms. The number of anilines is 1. The minimum atomic E-state index is -0.461. The van der Waals surface area contributed by atoms with Crippen LogP contribution in [0.4, 0.5) is 5.82 Å². The van der Waals surface area contributed by atoms with Gasteiger partial charge in [0.1, 0.15) is 5.82 Å². The maximum absolute atomic E-state index is 11.7. The number of likely N-dealkylation sites (tertiary alicyclic amines) is 1. The highest BCUT2D eigenvalue weighted by Gasteiger charge is 2.30. The van der Waals surface area contributed by atoms with E-state index in [9.17, 15) is 9.90 Å². The molecule has 4 heterocycles. The average molecular weight is 465 g/mol. The van der Waals surface area contributed by atoms with Crippen molar-refractivity contribution in [1.82, 2.24) is 25.2 Å². The summed E-state index contributed by atoms with van der Waals surface area (Å²) in [6.45, 7) is 6.41. The molecule has 2 atom stereocenters. The van der Waals surface area contributed by atoms with Crippen molar-refractivity contribution in [1.29, 1.82) is 0 Å². The third kappa shape index (κ3) is 5.67. The van der Waals surface area contributed by atoms with Gasteiger partial charge in [-0.25, -0.2) is 9.97 Å². The Morgan fingerprint density at radius 3 is 2.85 bits per heavy atom. The van der Waals surface area contributed by atoms with E-state index in [-0.39, 0.29) is 11.9 Å². The second-order valence-corrected chi connectivity index (χ2v) is 8.63. The molecule has 1 aliphatic rings. The van der Waals surface area contributed by atoms with E-state index in [0.29, 0.717) is 31.2 Å². The van der Waals surface area contributed by atoms with Crippen LogP contribution >= 0.6 is 0 Å². The molecule has 9 nitrogen and oxygen atoms in total. The number of hydrogen-bond donors (Lipinski definition) is 3. The molecule has 3 aromatic heterocycles. The third-order valence-corrected chi connectivity index (χ3v) is 6.19. The van der Waals surface area contributed by atoms with Crippen LogP contribution in [-0.2, 0) is 17.8 Å². The number of hydrogen-bond acceptors (Lipinski definition) is 8. The van der Waals surface area contributed by atoms with Gasteiger partial charge in [-0.05, 0) is 42.7 Å². The number of aliphatic hydroxyl groups is 1. The number of amides is 1. The smallest absolute Gasteiger partial charge is 0.225 e. The van der Waals surface area contributed by atoms with Crippen LogP contribution in [0.15, 0.2) is 36.5 Å². The van der Waals surface area contributed by atoms with Crippen molar-refractivity contribution in [3.8, 4) is 5.88 Å². The van der Waals surface area contributed by atoms with E-state index in [4.69, 9.17) is 4.74 Å². The van der Waals surface area contributed by atoms with E-state index in [1.165, 1.54) is 0 Å². The number of carbonyl (C=O) groups excluding carboxylic acids is 1. The molecule has 0 bridgehead atoms. The summed E-state index contributed by atoms with van der Waals surface area (Å²) in [5, 5.41) is 16.9. The molecule has 4 rings (SSSR count). The number of aryl methyl sites for hydroxylation is 1. The zero-order valence-electron chi connectivity index (χ0n) is 19.9. The summed E-state index contributed by atoms with van der Waals surface area (Å²) in [4.78, 5) is 27.5. The van der Waals surface area contributed by atoms with E-state index >= 15 is 0 Å². The van der Waals surface area contributed by atoms with Crippen molar-refractivity contribution in [2.75, 3.05) is 32.1 Å². The molecule has 1 aliphatic heterocycles. The highest BCUT2D eigenvalue weighted by atomic mass is 16.5. The van der Waals surface area contributed by atoms with Crippen LogP contribution in [0.1, 0.15) is 30.2 Å². The number of aliphatic hydroxyl groups excluding tert-OH is 1. The number of nitrogens with one attached hydrogen (secondary N) is 2. The number of aromatic nitrogens is 3. The Hall–Kier alpha value is -3.14. The maximum atomic E-state index is 11.7. The van der Waals surface area contributed by atoms with E-state index in [2.05, 4.69) is 30.5 Å². The summed E-state index contributed by atoms with van der Waals surface area (Å²) >= 11 is 0. The van der Waals surface area contributed by atoms with E-state index < -0.39 is 6.10 Å². The third-order valence-electron chi connectivity index (χ3n) is 6.19. The topological polar surface area (TPSA) is 113 Å². The molecular weight excluding hydrogens is 432 g/mol. The SMILES string of the molecule is CCC(=O)Nc1nc(CN[C@H]2CN(CCc3ccnc4ccc(OC)nc34)C[C@H]2O)ccc1C. The normalized spacial score (nSPS) is 18.4. The van der Waals surface area contributed by atoms with Gasteiger partial charge >= 0.3 is 0 Å². The van der Waals surface area contributed by atoms with Crippen molar-refractivity contribution in [2.24, 2.45) is 0 Å². The van der Waals surface area contributed by atoms with Crippen molar-refractivity contribution in [3.05, 3.63) is 53.3 Å². The largest absolute Gasteiger partial charge is 0.481 e. The Balaban J connectivity index is 1.34. The molecule has 0 aromatic carbocycles. The van der Waals surface area contributed by atoms with Crippen molar-refractivity contribution in [3.63, 3.8) is 0 Å². The Labute approximate surface area is 199 Å². The number of pyridine rings is 3. The van der Waals surface area contributed by atoms with Gasteiger partial charge in [0.2, 0.25) is 11.8 Å². The van der Waals surface area contributed by atoms with Gasteiger partial charge in [0.15, 0.2) is 0 Å². The molecule has 1 saturated heterocycles. The Morgan fingerprint density at radius 1 is 1.21 bits per heavy atom. The van der Waals surface area contributed by atoms with Gasteiger partial charge < -0.3 is 20.5 Å². The minimum Gasteiger partial charge on any atom is -0.481 e. The monoisotopic (exact) mass is 464 g/mol. The first-order valence-electron chi connectivity index (χ1n) is 11.7. The highest BCUT2D eigenvalue weighted by molar-refractivity contribution is 5.90. The molecule has 3 N–H and O–H groups in total. The second-order valence-electron chi connectivity index (χ2n) is 8.63. The van der Waals surface area contributed by atoms with Crippen LogP contribution in [-0.4, -0.2) is 69.8 Å². The van der Waals surface area contributed by atoms with Crippen molar-refractivity contribution >= 4 is 22.8 Å². The maximum Gasteiger partial charge on any atom is 0.225 e. The zero-order chi connectivity index (χ0) is 24.1. The summed E-state index contributed by atoms with van der Waals surface area (Å²) in [6, 6.07) is 9.57. The molecule has 0 saturated carbocycles. The van der Waals surface area contributed by atoms with Crippen LogP contribution in [0, 0.1) is 6.92 Å². The minimum absolute atomic E-state index is 0.0517. The molecule has 9 heteroatoms. The molecule has 0 unspecified atom stereocenters. The first-order chi connectivity index (χ1) is 16.5. The molecule has 1 amide bonds. The lowest BCUT2D eigenvalue weighted by molar-refractivity contribution is -0.115. The predicted octanol–water partition coefficient (Wildman–Crippen LogP) is 2.07. The molecular formula is C25H32N6O3. The standard InChI is InChI=1S/C25H32N6O3/c1-4-22(33)29-25-16(2)5-6-18(28-25)13-27-20-14-31(15-21(20)32)12-10-17-9-11-26-19-7-8-23(34-3)30-24(17)19/h5-9,11,20-21,27,32H,4,10,12-15H2,1-3H3,(H,28,29,33)/t20-,21+/m0/s1. The fourth-order valence-corrected chi connectivity index (χ4v) is 4.15. The van der Waals surface area contributed by atoms with Gasteiger partial charge in [-0.2, -0.15) is 0 Å². The predicted molar refractivity (Wildman–Crippen MR) is 131 cm³/mol. The Bertz CT molecular complexity index is 1150. The second kappa shape index (κ2) is 10.9. The highest BCUT2D eigenvalue weighted by Crippen LogP contribution is 2.20. The van der Waals surface area contributed by atoms with Gasteiger partial charge in [-0.3, -0.25) is 14.7 Å². The van der Waals surface area contributed by atoms with Crippen LogP contribution in [0.2, 0.25) is 0 Å². The summed E-state index contributed by atoms with van der Waals surface area (Å²) in [6.07, 6.45) is 2.56. The molecule has 1 fully saturated rings. The quantitative estimate of drug-likeness (QED) is 0.441. The molecule has 180 valence electrons. The van der Waals surface area contributed by atoms with Gasteiger partial charge in [0.05, 0.1) is 29.9 Å². The number of rotatable bonds is 9. The van der Waals surface area contributed by atoms with E-state index in [1.54, 1.807) is 13.3 Å². The van der Waals surface area contributed by atoms with Crippen LogP contribution in [0.5, 0.6) is 5.88 Å². The Kier molecular flexibility index (Phi) is 7.66. The Morgan fingerprint density at radius 2 is 2.06 bits per heavy atom. The summed E-state index contributed by atoms with van der Waals surface area (Å²) < 4.78 is 5.27. The number of ether oxygens (including phenoxy) is 1.